The zero-order valence-electron chi connectivity index (χ0n) is 14.9. The van der Waals surface area contributed by atoms with Crippen LogP contribution in [-0.2, 0) is 31.9 Å². The lowest BCUT2D eigenvalue weighted by atomic mass is 9.80. The van der Waals surface area contributed by atoms with Gasteiger partial charge in [-0.3, -0.25) is 4.79 Å². The minimum atomic E-state index is -5.06. The number of hydrogen-bond acceptors (Lipinski definition) is 6. The summed E-state index contributed by atoms with van der Waals surface area (Å²) < 4.78 is 52.2. The van der Waals surface area contributed by atoms with Gasteiger partial charge >= 0.3 is 18.1 Å². The van der Waals surface area contributed by atoms with Crippen molar-refractivity contribution in [3.05, 3.63) is 29.3 Å². The first-order chi connectivity index (χ1) is 12.7. The minimum Gasteiger partial charge on any atom is -0.466 e. The number of fused-ring (bicyclic) bond motifs is 1. The highest BCUT2D eigenvalue weighted by Crippen LogP contribution is 2.33. The normalized spacial score (nSPS) is 19.3. The van der Waals surface area contributed by atoms with Crippen LogP contribution in [0.2, 0.25) is 0 Å². The summed E-state index contributed by atoms with van der Waals surface area (Å²) in [5.74, 6) is -2.92. The molecule has 0 spiro atoms. The van der Waals surface area contributed by atoms with Crippen molar-refractivity contribution in [1.82, 2.24) is 0 Å². The van der Waals surface area contributed by atoms with Gasteiger partial charge in [0.2, 0.25) is 0 Å². The van der Waals surface area contributed by atoms with Gasteiger partial charge in [0, 0.05) is 6.54 Å². The standard InChI is InChI=1S/C18H22F3NO5/c1-2-25-16(23)10-13-7-11-3-4-14(27-17(24)18(19,20)21)8-12(11)9-15(13)26-6-5-22/h3-4,8,13,15H,2,5-7,9-10,22H2,1H3. The molecular weight excluding hydrogens is 367 g/mol. The van der Waals surface area contributed by atoms with Crippen LogP contribution in [0.3, 0.4) is 0 Å². The molecule has 27 heavy (non-hydrogen) atoms. The molecule has 0 saturated carbocycles. The van der Waals surface area contributed by atoms with E-state index in [2.05, 4.69) is 4.74 Å². The molecule has 0 saturated heterocycles. The van der Waals surface area contributed by atoms with Crippen LogP contribution >= 0.6 is 0 Å². The second kappa shape index (κ2) is 9.18. The molecule has 2 unspecified atom stereocenters. The van der Waals surface area contributed by atoms with E-state index in [4.69, 9.17) is 15.2 Å². The summed E-state index contributed by atoms with van der Waals surface area (Å²) in [6, 6.07) is 4.31. The lowest BCUT2D eigenvalue weighted by molar-refractivity contribution is -0.189. The zero-order valence-corrected chi connectivity index (χ0v) is 14.9. The molecule has 0 aromatic heterocycles. The van der Waals surface area contributed by atoms with Crippen molar-refractivity contribution in [3.63, 3.8) is 0 Å². The molecule has 1 aromatic carbocycles. The molecule has 9 heteroatoms. The third-order valence-corrected chi connectivity index (χ3v) is 4.23. The summed E-state index contributed by atoms with van der Waals surface area (Å²) in [5.41, 5.74) is 7.05. The number of alkyl halides is 3. The second-order valence-electron chi connectivity index (χ2n) is 6.19. The fourth-order valence-corrected chi connectivity index (χ4v) is 3.07. The van der Waals surface area contributed by atoms with Gasteiger partial charge in [-0.25, -0.2) is 4.79 Å². The molecule has 2 atom stereocenters. The highest BCUT2D eigenvalue weighted by atomic mass is 19.4. The van der Waals surface area contributed by atoms with Gasteiger partial charge in [-0.1, -0.05) is 6.07 Å². The number of hydrogen-bond donors (Lipinski definition) is 1. The molecule has 1 aliphatic carbocycles. The zero-order chi connectivity index (χ0) is 20.0. The molecule has 2 rings (SSSR count). The van der Waals surface area contributed by atoms with Crippen molar-refractivity contribution in [2.75, 3.05) is 19.8 Å². The van der Waals surface area contributed by atoms with Gasteiger partial charge in [0.25, 0.3) is 0 Å². The number of benzene rings is 1. The van der Waals surface area contributed by atoms with E-state index >= 15 is 0 Å². The van der Waals surface area contributed by atoms with E-state index in [1.165, 1.54) is 12.1 Å². The van der Waals surface area contributed by atoms with Gasteiger partial charge < -0.3 is 19.9 Å². The van der Waals surface area contributed by atoms with E-state index in [0.29, 0.717) is 31.6 Å². The van der Waals surface area contributed by atoms with Crippen LogP contribution in [0.25, 0.3) is 0 Å². The van der Waals surface area contributed by atoms with Crippen LogP contribution in [0.5, 0.6) is 5.75 Å². The molecular formula is C18H22F3NO5. The predicted molar refractivity (Wildman–Crippen MR) is 89.1 cm³/mol. The molecule has 0 amide bonds. The van der Waals surface area contributed by atoms with Crippen LogP contribution in [0, 0.1) is 5.92 Å². The van der Waals surface area contributed by atoms with Crippen molar-refractivity contribution >= 4 is 11.9 Å². The number of carbonyl (C=O) groups is 2. The van der Waals surface area contributed by atoms with E-state index in [9.17, 15) is 22.8 Å². The van der Waals surface area contributed by atoms with Gasteiger partial charge in [-0.2, -0.15) is 13.2 Å². The summed E-state index contributed by atoms with van der Waals surface area (Å²) in [6.07, 6.45) is -4.35. The van der Waals surface area contributed by atoms with E-state index < -0.39 is 12.1 Å². The number of rotatable bonds is 7. The summed E-state index contributed by atoms with van der Waals surface area (Å²) in [7, 11) is 0. The lowest BCUT2D eigenvalue weighted by Gasteiger charge is -2.32. The van der Waals surface area contributed by atoms with Crippen LogP contribution in [0.15, 0.2) is 18.2 Å². The van der Waals surface area contributed by atoms with Gasteiger partial charge in [0.15, 0.2) is 0 Å². The predicted octanol–water partition coefficient (Wildman–Crippen LogP) is 2.17. The van der Waals surface area contributed by atoms with E-state index in [1.54, 1.807) is 13.0 Å². The Morgan fingerprint density at radius 1 is 1.22 bits per heavy atom. The molecule has 0 bridgehead atoms. The lowest BCUT2D eigenvalue weighted by Crippen LogP contribution is -2.36. The molecule has 150 valence electrons. The number of halogens is 3. The minimum absolute atomic E-state index is 0.133. The largest absolute Gasteiger partial charge is 0.491 e. The SMILES string of the molecule is CCOC(=O)CC1Cc2ccc(OC(=O)C(F)(F)F)cc2CC1OCCN. The number of ether oxygens (including phenoxy) is 3. The van der Waals surface area contributed by atoms with Crippen molar-refractivity contribution < 1.29 is 37.0 Å². The smallest absolute Gasteiger partial charge is 0.466 e. The average Bonchev–Trinajstić information content (AvgIpc) is 2.59. The molecule has 6 nitrogen and oxygen atoms in total. The third-order valence-electron chi connectivity index (χ3n) is 4.23. The molecule has 0 aliphatic heterocycles. The van der Waals surface area contributed by atoms with Crippen LogP contribution in [-0.4, -0.2) is 44.0 Å². The van der Waals surface area contributed by atoms with Crippen molar-refractivity contribution in [3.8, 4) is 5.75 Å². The highest BCUT2D eigenvalue weighted by molar-refractivity contribution is 5.78. The number of carbonyl (C=O) groups excluding carboxylic acids is 2. The average molecular weight is 389 g/mol. The number of esters is 2. The summed E-state index contributed by atoms with van der Waals surface area (Å²) >= 11 is 0. The first-order valence-electron chi connectivity index (χ1n) is 8.62. The van der Waals surface area contributed by atoms with Crippen LogP contribution < -0.4 is 10.5 Å². The summed E-state index contributed by atoms with van der Waals surface area (Å²) in [5, 5.41) is 0. The molecule has 0 radical (unpaired) electrons. The first-order valence-corrected chi connectivity index (χ1v) is 8.62. The fourth-order valence-electron chi connectivity index (χ4n) is 3.07. The molecule has 1 aromatic rings. The van der Waals surface area contributed by atoms with Gasteiger partial charge in [-0.15, -0.1) is 0 Å². The van der Waals surface area contributed by atoms with E-state index in [0.717, 1.165) is 5.56 Å². The molecule has 0 fully saturated rings. The van der Waals surface area contributed by atoms with Crippen molar-refractivity contribution in [2.24, 2.45) is 11.7 Å². The Balaban J connectivity index is 2.16. The van der Waals surface area contributed by atoms with Crippen LogP contribution in [0.1, 0.15) is 24.5 Å². The Hall–Kier alpha value is -2.13. The van der Waals surface area contributed by atoms with E-state index in [1.807, 2.05) is 0 Å². The molecule has 2 N–H and O–H groups in total. The Morgan fingerprint density at radius 2 is 1.96 bits per heavy atom. The Morgan fingerprint density at radius 3 is 2.59 bits per heavy atom. The maximum Gasteiger partial charge on any atom is 0.491 e. The van der Waals surface area contributed by atoms with Crippen LogP contribution in [0.4, 0.5) is 13.2 Å². The van der Waals surface area contributed by atoms with Crippen molar-refractivity contribution in [1.29, 1.82) is 0 Å². The Kier molecular flexibility index (Phi) is 7.20. The third kappa shape index (κ3) is 5.93. The maximum absolute atomic E-state index is 12.4. The summed E-state index contributed by atoms with van der Waals surface area (Å²) in [4.78, 5) is 22.9. The monoisotopic (exact) mass is 389 g/mol. The molecule has 1 aliphatic rings. The second-order valence-corrected chi connectivity index (χ2v) is 6.19. The number of nitrogens with two attached hydrogens (primary N) is 1. The quantitative estimate of drug-likeness (QED) is 0.568. The van der Waals surface area contributed by atoms with Gasteiger partial charge in [0.05, 0.1) is 25.7 Å². The highest BCUT2D eigenvalue weighted by Gasteiger charge is 2.41. The Bertz CT molecular complexity index is 677. The Labute approximate surface area is 154 Å². The first kappa shape index (κ1) is 21.2. The van der Waals surface area contributed by atoms with Gasteiger partial charge in [-0.05, 0) is 48.9 Å². The summed E-state index contributed by atoms with van der Waals surface area (Å²) in [6.45, 7) is 2.60. The van der Waals surface area contributed by atoms with Gasteiger partial charge in [0.1, 0.15) is 5.75 Å². The topological polar surface area (TPSA) is 87.8 Å². The van der Waals surface area contributed by atoms with E-state index in [-0.39, 0.29) is 36.8 Å². The van der Waals surface area contributed by atoms with Crippen molar-refractivity contribution in [2.45, 2.75) is 38.5 Å². The maximum atomic E-state index is 12.4. The molecule has 0 heterocycles. The fraction of sp³-hybridized carbons (Fsp3) is 0.556.